The number of aliphatic carboxylic acids is 1. The van der Waals surface area contributed by atoms with E-state index in [0.717, 1.165) is 24.2 Å². The van der Waals surface area contributed by atoms with Crippen molar-refractivity contribution in [1.29, 1.82) is 0 Å². The zero-order chi connectivity index (χ0) is 15.8. The van der Waals surface area contributed by atoms with Crippen molar-refractivity contribution in [1.82, 2.24) is 0 Å². The Balaban J connectivity index is 2.25. The van der Waals surface area contributed by atoms with Gasteiger partial charge in [-0.05, 0) is 35.8 Å². The molecule has 0 saturated carbocycles. The average Bonchev–Trinajstić information content (AvgIpc) is 2.54. The van der Waals surface area contributed by atoms with Gasteiger partial charge in [-0.15, -0.1) is 0 Å². The predicted molar refractivity (Wildman–Crippen MR) is 88.8 cm³/mol. The van der Waals surface area contributed by atoms with Crippen LogP contribution in [0.3, 0.4) is 0 Å². The Morgan fingerprint density at radius 1 is 1.14 bits per heavy atom. The zero-order valence-corrected chi connectivity index (χ0v) is 12.7. The van der Waals surface area contributed by atoms with E-state index in [2.05, 4.69) is 6.92 Å². The molecule has 0 fully saturated rings. The molecule has 0 radical (unpaired) electrons. The Labute approximate surface area is 130 Å². The van der Waals surface area contributed by atoms with Crippen molar-refractivity contribution in [2.24, 2.45) is 0 Å². The SMILES string of the molecule is CCCCOc1cccc(/C=C(\C(=O)O)c2ccccc2)c1. The summed E-state index contributed by atoms with van der Waals surface area (Å²) in [5.41, 5.74) is 1.77. The minimum Gasteiger partial charge on any atom is -0.494 e. The Kier molecular flexibility index (Phi) is 5.78. The van der Waals surface area contributed by atoms with E-state index >= 15 is 0 Å². The third-order valence-electron chi connectivity index (χ3n) is 3.25. The van der Waals surface area contributed by atoms with Gasteiger partial charge >= 0.3 is 5.97 Å². The van der Waals surface area contributed by atoms with Crippen LogP contribution in [0, 0.1) is 0 Å². The quantitative estimate of drug-likeness (QED) is 0.465. The lowest BCUT2D eigenvalue weighted by Gasteiger charge is -2.07. The van der Waals surface area contributed by atoms with Crippen LogP contribution in [-0.2, 0) is 4.79 Å². The molecule has 0 aliphatic rings. The maximum Gasteiger partial charge on any atom is 0.336 e. The van der Waals surface area contributed by atoms with Gasteiger partial charge in [-0.1, -0.05) is 55.8 Å². The number of benzene rings is 2. The Morgan fingerprint density at radius 3 is 2.59 bits per heavy atom. The van der Waals surface area contributed by atoms with E-state index in [4.69, 9.17) is 4.74 Å². The molecule has 3 heteroatoms. The summed E-state index contributed by atoms with van der Waals surface area (Å²) in [6, 6.07) is 16.6. The normalized spacial score (nSPS) is 11.2. The summed E-state index contributed by atoms with van der Waals surface area (Å²) >= 11 is 0. The lowest BCUT2D eigenvalue weighted by Crippen LogP contribution is -2.00. The fraction of sp³-hybridized carbons (Fsp3) is 0.211. The van der Waals surface area contributed by atoms with Crippen LogP contribution in [0.25, 0.3) is 11.6 Å². The summed E-state index contributed by atoms with van der Waals surface area (Å²) in [7, 11) is 0. The maximum absolute atomic E-state index is 11.5. The molecule has 0 amide bonds. The number of ether oxygens (including phenoxy) is 1. The minimum atomic E-state index is -0.941. The fourth-order valence-electron chi connectivity index (χ4n) is 2.08. The number of rotatable bonds is 7. The molecule has 2 rings (SSSR count). The van der Waals surface area contributed by atoms with Gasteiger partial charge in [0.25, 0.3) is 0 Å². The second-order valence-corrected chi connectivity index (χ2v) is 5.00. The summed E-state index contributed by atoms with van der Waals surface area (Å²) in [6.07, 6.45) is 3.76. The highest BCUT2D eigenvalue weighted by Gasteiger charge is 2.10. The first kappa shape index (κ1) is 15.8. The molecule has 0 aliphatic heterocycles. The first-order valence-electron chi connectivity index (χ1n) is 7.44. The van der Waals surface area contributed by atoms with Gasteiger partial charge in [-0.3, -0.25) is 0 Å². The number of carboxylic acids is 1. The highest BCUT2D eigenvalue weighted by Crippen LogP contribution is 2.21. The van der Waals surface area contributed by atoms with Crippen LogP contribution >= 0.6 is 0 Å². The molecule has 0 unspecified atom stereocenters. The van der Waals surface area contributed by atoms with Crippen molar-refractivity contribution in [3.8, 4) is 5.75 Å². The third kappa shape index (κ3) is 4.48. The van der Waals surface area contributed by atoms with Crippen LogP contribution in [0.15, 0.2) is 54.6 Å². The van der Waals surface area contributed by atoms with Gasteiger partial charge in [-0.25, -0.2) is 4.79 Å². The van der Waals surface area contributed by atoms with Gasteiger partial charge in [0, 0.05) is 0 Å². The largest absolute Gasteiger partial charge is 0.494 e. The lowest BCUT2D eigenvalue weighted by atomic mass is 10.0. The molecule has 2 aromatic carbocycles. The van der Waals surface area contributed by atoms with Crippen LogP contribution in [0.1, 0.15) is 30.9 Å². The van der Waals surface area contributed by atoms with Gasteiger partial charge in [0.1, 0.15) is 5.75 Å². The molecule has 22 heavy (non-hydrogen) atoms. The molecule has 2 aromatic rings. The lowest BCUT2D eigenvalue weighted by molar-refractivity contribution is -0.130. The molecule has 3 nitrogen and oxygen atoms in total. The molecule has 0 heterocycles. The number of carbonyl (C=O) groups is 1. The highest BCUT2D eigenvalue weighted by atomic mass is 16.5. The van der Waals surface area contributed by atoms with Crippen molar-refractivity contribution in [2.75, 3.05) is 6.61 Å². The van der Waals surface area contributed by atoms with E-state index in [1.54, 1.807) is 18.2 Å². The molecule has 0 saturated heterocycles. The predicted octanol–water partition coefficient (Wildman–Crippen LogP) is 4.49. The summed E-state index contributed by atoms with van der Waals surface area (Å²) in [6.45, 7) is 2.79. The minimum absolute atomic E-state index is 0.270. The molecule has 0 bridgehead atoms. The monoisotopic (exact) mass is 296 g/mol. The Hall–Kier alpha value is -2.55. The number of carboxylic acid groups (broad SMARTS) is 1. The number of unbranched alkanes of at least 4 members (excludes halogenated alkanes) is 1. The van der Waals surface area contributed by atoms with Crippen LogP contribution < -0.4 is 4.74 Å². The smallest absolute Gasteiger partial charge is 0.336 e. The molecular weight excluding hydrogens is 276 g/mol. The molecule has 0 spiro atoms. The Bertz CT molecular complexity index is 645. The summed E-state index contributed by atoms with van der Waals surface area (Å²) in [4.78, 5) is 11.5. The Morgan fingerprint density at radius 2 is 1.91 bits per heavy atom. The van der Waals surface area contributed by atoms with Crippen LogP contribution in [0.5, 0.6) is 5.75 Å². The first-order chi connectivity index (χ1) is 10.7. The third-order valence-corrected chi connectivity index (χ3v) is 3.25. The summed E-state index contributed by atoms with van der Waals surface area (Å²) in [5.74, 6) is -0.177. The second-order valence-electron chi connectivity index (χ2n) is 5.00. The summed E-state index contributed by atoms with van der Waals surface area (Å²) < 4.78 is 5.66. The van der Waals surface area contributed by atoms with Gasteiger partial charge < -0.3 is 9.84 Å². The molecule has 0 atom stereocenters. The first-order valence-corrected chi connectivity index (χ1v) is 7.44. The van der Waals surface area contributed by atoms with E-state index in [0.29, 0.717) is 12.2 Å². The molecule has 114 valence electrons. The van der Waals surface area contributed by atoms with Crippen molar-refractivity contribution < 1.29 is 14.6 Å². The van der Waals surface area contributed by atoms with E-state index < -0.39 is 5.97 Å². The van der Waals surface area contributed by atoms with Crippen LogP contribution in [0.2, 0.25) is 0 Å². The van der Waals surface area contributed by atoms with E-state index in [1.807, 2.05) is 42.5 Å². The van der Waals surface area contributed by atoms with Crippen LogP contribution in [-0.4, -0.2) is 17.7 Å². The average molecular weight is 296 g/mol. The molecular formula is C19H20O3. The zero-order valence-electron chi connectivity index (χ0n) is 12.7. The van der Waals surface area contributed by atoms with E-state index in [1.165, 1.54) is 0 Å². The van der Waals surface area contributed by atoms with Crippen molar-refractivity contribution in [3.05, 3.63) is 65.7 Å². The van der Waals surface area contributed by atoms with E-state index in [9.17, 15) is 9.90 Å². The molecule has 0 aliphatic carbocycles. The van der Waals surface area contributed by atoms with Gasteiger partial charge in [0.15, 0.2) is 0 Å². The summed E-state index contributed by atoms with van der Waals surface area (Å²) in [5, 5.41) is 9.43. The van der Waals surface area contributed by atoms with Crippen molar-refractivity contribution >= 4 is 17.6 Å². The van der Waals surface area contributed by atoms with Gasteiger partial charge in [0.2, 0.25) is 0 Å². The van der Waals surface area contributed by atoms with Gasteiger partial charge in [0.05, 0.1) is 12.2 Å². The number of hydrogen-bond acceptors (Lipinski definition) is 2. The second kappa shape index (κ2) is 8.03. The fourth-order valence-corrected chi connectivity index (χ4v) is 2.08. The van der Waals surface area contributed by atoms with Crippen LogP contribution in [0.4, 0.5) is 0 Å². The van der Waals surface area contributed by atoms with Crippen molar-refractivity contribution in [2.45, 2.75) is 19.8 Å². The standard InChI is InChI=1S/C19H20O3/c1-2-3-12-22-17-11-7-8-15(13-17)14-18(19(20)21)16-9-5-4-6-10-16/h4-11,13-14H,2-3,12H2,1H3,(H,20,21)/b18-14-. The number of hydrogen-bond donors (Lipinski definition) is 1. The molecule has 1 N–H and O–H groups in total. The topological polar surface area (TPSA) is 46.5 Å². The van der Waals surface area contributed by atoms with Crippen molar-refractivity contribution in [3.63, 3.8) is 0 Å². The maximum atomic E-state index is 11.5. The van der Waals surface area contributed by atoms with Gasteiger partial charge in [-0.2, -0.15) is 0 Å². The highest BCUT2D eigenvalue weighted by molar-refractivity contribution is 6.20. The van der Waals surface area contributed by atoms with E-state index in [-0.39, 0.29) is 5.57 Å². The molecule has 0 aromatic heterocycles.